The van der Waals surface area contributed by atoms with Crippen molar-refractivity contribution < 1.29 is 32.6 Å². The minimum absolute atomic E-state index is 0.260. The van der Waals surface area contributed by atoms with Gasteiger partial charge in [-0.05, 0) is 86.4 Å². The van der Waals surface area contributed by atoms with Gasteiger partial charge in [-0.2, -0.15) is 13.2 Å². The highest BCUT2D eigenvalue weighted by molar-refractivity contribution is 5.78. The van der Waals surface area contributed by atoms with Crippen LogP contribution in [0, 0.1) is 5.92 Å². The van der Waals surface area contributed by atoms with Gasteiger partial charge in [0.05, 0.1) is 0 Å². The molecule has 35 heavy (non-hydrogen) atoms. The number of fused-ring (bicyclic) bond motifs is 2. The van der Waals surface area contributed by atoms with Crippen molar-refractivity contribution in [3.8, 4) is 0 Å². The zero-order chi connectivity index (χ0) is 25.1. The van der Waals surface area contributed by atoms with Crippen molar-refractivity contribution in [3.05, 3.63) is 35.4 Å². The van der Waals surface area contributed by atoms with Crippen LogP contribution in [0.1, 0.15) is 68.4 Å². The van der Waals surface area contributed by atoms with Crippen molar-refractivity contribution in [1.29, 1.82) is 0 Å². The summed E-state index contributed by atoms with van der Waals surface area (Å²) in [5.41, 5.74) is 3.30. The standard InChI is InChI=1S/C24H34N2O2.C2HF3O2/c27-23(25-20-5-6-20)15-19-16-24(22-4-2-1-3-21(19)22)9-11-26(12-10-24)17-18-7-13-28-14-8-18;3-2(4,5)1(6)7/h1-4,18-20H,5-17H2,(H,25,27);(H,6,7). The van der Waals surface area contributed by atoms with Crippen molar-refractivity contribution in [1.82, 2.24) is 10.2 Å². The van der Waals surface area contributed by atoms with Crippen LogP contribution < -0.4 is 5.32 Å². The molecule has 1 unspecified atom stereocenters. The maximum atomic E-state index is 12.5. The monoisotopic (exact) mass is 496 g/mol. The first-order valence-corrected chi connectivity index (χ1v) is 12.7. The van der Waals surface area contributed by atoms with E-state index in [-0.39, 0.29) is 5.91 Å². The normalized spacial score (nSPS) is 24.4. The summed E-state index contributed by atoms with van der Waals surface area (Å²) in [7, 11) is 0. The zero-order valence-electron chi connectivity index (χ0n) is 20.0. The molecule has 2 saturated heterocycles. The van der Waals surface area contributed by atoms with Crippen LogP contribution >= 0.6 is 0 Å². The number of halogens is 3. The molecule has 9 heteroatoms. The Morgan fingerprint density at radius 2 is 1.71 bits per heavy atom. The Kier molecular flexibility index (Phi) is 8.06. The number of benzene rings is 1. The zero-order valence-corrected chi connectivity index (χ0v) is 20.0. The molecule has 6 nitrogen and oxygen atoms in total. The van der Waals surface area contributed by atoms with Gasteiger partial charge in [0, 0.05) is 32.2 Å². The van der Waals surface area contributed by atoms with E-state index in [4.69, 9.17) is 14.6 Å². The maximum absolute atomic E-state index is 12.5. The first-order valence-electron chi connectivity index (χ1n) is 12.7. The molecule has 0 radical (unpaired) electrons. The molecule has 2 heterocycles. The number of carbonyl (C=O) groups excluding carboxylic acids is 1. The van der Waals surface area contributed by atoms with Gasteiger partial charge in [0.2, 0.25) is 5.91 Å². The second-order valence-electron chi connectivity index (χ2n) is 10.5. The number of hydrogen-bond acceptors (Lipinski definition) is 4. The van der Waals surface area contributed by atoms with E-state index in [1.807, 2.05) is 0 Å². The van der Waals surface area contributed by atoms with E-state index in [9.17, 15) is 18.0 Å². The molecule has 1 aromatic carbocycles. The van der Waals surface area contributed by atoms with E-state index in [1.54, 1.807) is 5.56 Å². The molecule has 1 atom stereocenters. The highest BCUT2D eigenvalue weighted by atomic mass is 19.4. The molecule has 2 aliphatic heterocycles. The first-order chi connectivity index (χ1) is 16.7. The topological polar surface area (TPSA) is 78.9 Å². The smallest absolute Gasteiger partial charge is 0.475 e. The van der Waals surface area contributed by atoms with Crippen molar-refractivity contribution in [3.63, 3.8) is 0 Å². The Morgan fingerprint density at radius 1 is 1.09 bits per heavy atom. The van der Waals surface area contributed by atoms with E-state index in [2.05, 4.69) is 34.5 Å². The number of likely N-dealkylation sites (tertiary alicyclic amines) is 1. The SMILES string of the molecule is O=C(CC1CC2(CCN(CC3CCOCC3)CC2)c2ccccc21)NC1CC1.O=C(O)C(F)(F)F. The van der Waals surface area contributed by atoms with Crippen LogP contribution in [-0.4, -0.2) is 66.9 Å². The molecule has 1 saturated carbocycles. The summed E-state index contributed by atoms with van der Waals surface area (Å²) < 4.78 is 37.3. The molecular weight excluding hydrogens is 461 g/mol. The van der Waals surface area contributed by atoms with Crippen molar-refractivity contribution in [2.75, 3.05) is 32.8 Å². The summed E-state index contributed by atoms with van der Waals surface area (Å²) in [6.45, 7) is 5.54. The molecule has 194 valence electrons. The van der Waals surface area contributed by atoms with Gasteiger partial charge in [-0.1, -0.05) is 24.3 Å². The van der Waals surface area contributed by atoms with Gasteiger partial charge < -0.3 is 20.1 Å². The molecule has 1 aromatic rings. The molecular formula is C26H35F3N2O4. The summed E-state index contributed by atoms with van der Waals surface area (Å²) in [6, 6.07) is 9.45. The second kappa shape index (κ2) is 10.9. The number of carboxylic acids is 1. The predicted octanol–water partition coefficient (Wildman–Crippen LogP) is 4.24. The van der Waals surface area contributed by atoms with E-state index >= 15 is 0 Å². The minimum Gasteiger partial charge on any atom is -0.475 e. The Hall–Kier alpha value is -2.13. The Morgan fingerprint density at radius 3 is 2.31 bits per heavy atom. The lowest BCUT2D eigenvalue weighted by molar-refractivity contribution is -0.192. The summed E-state index contributed by atoms with van der Waals surface area (Å²) >= 11 is 0. The van der Waals surface area contributed by atoms with Crippen LogP contribution in [0.4, 0.5) is 13.2 Å². The predicted molar refractivity (Wildman–Crippen MR) is 124 cm³/mol. The lowest BCUT2D eigenvalue weighted by Crippen LogP contribution is -2.44. The summed E-state index contributed by atoms with van der Waals surface area (Å²) in [5, 5.41) is 10.3. The van der Waals surface area contributed by atoms with E-state index < -0.39 is 12.1 Å². The van der Waals surface area contributed by atoms with Gasteiger partial charge in [0.1, 0.15) is 0 Å². The number of alkyl halides is 3. The number of amides is 1. The van der Waals surface area contributed by atoms with E-state index in [0.29, 0.717) is 23.8 Å². The van der Waals surface area contributed by atoms with Gasteiger partial charge >= 0.3 is 12.1 Å². The molecule has 0 aromatic heterocycles. The summed E-state index contributed by atoms with van der Waals surface area (Å²) in [4.78, 5) is 24.1. The van der Waals surface area contributed by atoms with Gasteiger partial charge in [0.15, 0.2) is 0 Å². The summed E-state index contributed by atoms with van der Waals surface area (Å²) in [6.07, 6.45) is 4.02. The number of nitrogens with one attached hydrogen (secondary N) is 1. The minimum atomic E-state index is -5.08. The fourth-order valence-electron chi connectivity index (χ4n) is 5.88. The Labute approximate surface area is 204 Å². The number of aliphatic carboxylic acids is 1. The number of carbonyl (C=O) groups is 2. The number of piperidine rings is 1. The van der Waals surface area contributed by atoms with E-state index in [0.717, 1.165) is 25.6 Å². The first kappa shape index (κ1) is 25.9. The van der Waals surface area contributed by atoms with Gasteiger partial charge in [-0.3, -0.25) is 4.79 Å². The van der Waals surface area contributed by atoms with Crippen LogP contribution in [0.3, 0.4) is 0 Å². The molecule has 5 rings (SSSR count). The lowest BCUT2D eigenvalue weighted by atomic mass is 9.73. The largest absolute Gasteiger partial charge is 0.490 e. The molecule has 1 amide bonds. The van der Waals surface area contributed by atoms with Crippen LogP contribution in [0.15, 0.2) is 24.3 Å². The third-order valence-corrected chi connectivity index (χ3v) is 7.90. The van der Waals surface area contributed by atoms with Crippen LogP contribution in [-0.2, 0) is 19.7 Å². The molecule has 1 spiro atoms. The average Bonchev–Trinajstić information content (AvgIpc) is 3.59. The molecule has 0 bridgehead atoms. The number of nitrogens with zero attached hydrogens (tertiary/aromatic N) is 1. The number of ether oxygens (including phenoxy) is 1. The van der Waals surface area contributed by atoms with Gasteiger partial charge in [-0.25, -0.2) is 4.79 Å². The Bertz CT molecular complexity index is 889. The highest BCUT2D eigenvalue weighted by Crippen LogP contribution is 2.52. The van der Waals surface area contributed by atoms with E-state index in [1.165, 1.54) is 63.7 Å². The molecule has 3 fully saturated rings. The number of rotatable bonds is 5. The number of carboxylic acid groups (broad SMARTS) is 1. The fourth-order valence-corrected chi connectivity index (χ4v) is 5.88. The van der Waals surface area contributed by atoms with Crippen LogP contribution in [0.5, 0.6) is 0 Å². The fraction of sp³-hybridized carbons (Fsp3) is 0.692. The molecule has 4 aliphatic rings. The number of hydrogen-bond donors (Lipinski definition) is 2. The lowest BCUT2D eigenvalue weighted by Gasteiger charge is -2.42. The summed E-state index contributed by atoms with van der Waals surface area (Å²) in [5.74, 6) is -1.28. The van der Waals surface area contributed by atoms with Crippen LogP contribution in [0.25, 0.3) is 0 Å². The second-order valence-corrected chi connectivity index (χ2v) is 10.5. The molecule has 2 aliphatic carbocycles. The van der Waals surface area contributed by atoms with Crippen LogP contribution in [0.2, 0.25) is 0 Å². The third kappa shape index (κ3) is 6.76. The maximum Gasteiger partial charge on any atom is 0.490 e. The third-order valence-electron chi connectivity index (χ3n) is 7.90. The van der Waals surface area contributed by atoms with Crippen molar-refractivity contribution in [2.45, 2.75) is 74.9 Å². The molecule has 2 N–H and O–H groups in total. The Balaban J connectivity index is 0.000000364. The van der Waals surface area contributed by atoms with Gasteiger partial charge in [-0.15, -0.1) is 0 Å². The quantitative estimate of drug-likeness (QED) is 0.638. The highest BCUT2D eigenvalue weighted by Gasteiger charge is 2.46. The van der Waals surface area contributed by atoms with Gasteiger partial charge in [0.25, 0.3) is 0 Å². The van der Waals surface area contributed by atoms with Crippen molar-refractivity contribution in [2.24, 2.45) is 5.92 Å². The average molecular weight is 497 g/mol. The van der Waals surface area contributed by atoms with Crippen molar-refractivity contribution >= 4 is 11.9 Å².